The van der Waals surface area contributed by atoms with E-state index in [1.807, 2.05) is 6.07 Å². The second kappa shape index (κ2) is 2.87. The topological polar surface area (TPSA) is 9.23 Å². The summed E-state index contributed by atoms with van der Waals surface area (Å²) in [6, 6.07) is 5.40. The Morgan fingerprint density at radius 2 is 2.00 bits per heavy atom. The molecule has 0 radical (unpaired) electrons. The smallest absolute Gasteiger partial charge is 0.165 e. The number of halogens is 2. The van der Waals surface area contributed by atoms with E-state index in [-0.39, 0.29) is 5.82 Å². The van der Waals surface area contributed by atoms with Gasteiger partial charge in [0.25, 0.3) is 0 Å². The van der Waals surface area contributed by atoms with E-state index in [0.717, 1.165) is 5.56 Å². The van der Waals surface area contributed by atoms with E-state index in [1.54, 1.807) is 12.1 Å². The van der Waals surface area contributed by atoms with Crippen molar-refractivity contribution in [1.82, 2.24) is 0 Å². The van der Waals surface area contributed by atoms with Gasteiger partial charge >= 0.3 is 0 Å². The zero-order valence-electron chi connectivity index (χ0n) is 8.52. The maximum absolute atomic E-state index is 13.5. The largest absolute Gasteiger partial charge is 0.494 e. The summed E-state index contributed by atoms with van der Waals surface area (Å²) in [6.45, 7) is 0. The number of benzene rings is 1. The Morgan fingerprint density at radius 1 is 1.33 bits per heavy atom. The van der Waals surface area contributed by atoms with Crippen molar-refractivity contribution in [3.05, 3.63) is 29.6 Å². The van der Waals surface area contributed by atoms with Crippen LogP contribution in [0.25, 0.3) is 0 Å². The summed E-state index contributed by atoms with van der Waals surface area (Å²) in [6.07, 6.45) is 3.64. The third kappa shape index (κ3) is 1.25. The third-order valence-electron chi connectivity index (χ3n) is 3.73. The average Bonchev–Trinajstić information content (AvgIpc) is 2.11. The van der Waals surface area contributed by atoms with Crippen LogP contribution in [0.5, 0.6) is 5.75 Å². The maximum Gasteiger partial charge on any atom is 0.165 e. The molecule has 0 N–H and O–H groups in total. The zero-order chi connectivity index (χ0) is 10.7. The van der Waals surface area contributed by atoms with E-state index in [0.29, 0.717) is 14.6 Å². The van der Waals surface area contributed by atoms with Gasteiger partial charge in [0.05, 0.1) is 7.11 Å². The molecule has 1 nitrogen and oxygen atoms in total. The highest BCUT2D eigenvalue weighted by Crippen LogP contribution is 2.72. The summed E-state index contributed by atoms with van der Waals surface area (Å²) < 4.78 is 19.0. The summed E-state index contributed by atoms with van der Waals surface area (Å²) in [5.74, 6) is 0.108. The Labute approximate surface area is 102 Å². The molecule has 0 spiro atoms. The first-order valence-corrected chi connectivity index (χ1v) is 6.18. The summed E-state index contributed by atoms with van der Waals surface area (Å²) in [7, 11) is 1.50. The Balaban J connectivity index is 1.91. The number of alkyl halides is 1. The van der Waals surface area contributed by atoms with Crippen molar-refractivity contribution >= 4 is 22.6 Å². The van der Waals surface area contributed by atoms with Gasteiger partial charge in [-0.1, -0.05) is 28.7 Å². The molecule has 3 heteroatoms. The normalized spacial score (nSPS) is 36.7. The minimum atomic E-state index is -0.234. The number of ether oxygens (including phenoxy) is 1. The van der Waals surface area contributed by atoms with Crippen LogP contribution < -0.4 is 4.74 Å². The second-order valence-electron chi connectivity index (χ2n) is 4.81. The van der Waals surface area contributed by atoms with Crippen molar-refractivity contribution in [1.29, 1.82) is 0 Å². The van der Waals surface area contributed by atoms with Crippen LogP contribution in [0.3, 0.4) is 0 Å². The summed E-state index contributed by atoms with van der Waals surface area (Å²) in [5.41, 5.74) is 1.45. The monoisotopic (exact) mass is 318 g/mol. The number of hydrogen-bond acceptors (Lipinski definition) is 1. The standard InChI is InChI=1S/C12H12FIO/c1-15-10-3-2-8(4-9(10)13)11-5-12(14,6-11)7-11/h2-4H,5-7H2,1H3. The molecule has 3 fully saturated rings. The van der Waals surface area contributed by atoms with Gasteiger partial charge in [-0.15, -0.1) is 0 Å². The Bertz CT molecular complexity index is 410. The number of hydrogen-bond donors (Lipinski definition) is 0. The van der Waals surface area contributed by atoms with Crippen LogP contribution in [0.4, 0.5) is 4.39 Å². The Kier molecular flexibility index (Phi) is 1.89. The van der Waals surface area contributed by atoms with Crippen LogP contribution in [-0.4, -0.2) is 10.5 Å². The molecule has 2 bridgehead atoms. The minimum absolute atomic E-state index is 0.234. The molecule has 3 saturated carbocycles. The number of methoxy groups -OCH3 is 1. The van der Waals surface area contributed by atoms with Crippen LogP contribution in [0.15, 0.2) is 18.2 Å². The molecule has 3 aliphatic carbocycles. The van der Waals surface area contributed by atoms with Gasteiger partial charge in [0.1, 0.15) is 0 Å². The van der Waals surface area contributed by atoms with Crippen molar-refractivity contribution < 1.29 is 9.13 Å². The van der Waals surface area contributed by atoms with E-state index in [9.17, 15) is 4.39 Å². The molecule has 3 aliphatic rings. The van der Waals surface area contributed by atoms with Crippen LogP contribution in [0, 0.1) is 5.82 Å². The molecule has 1 aromatic rings. The highest BCUT2D eigenvalue weighted by Gasteiger charge is 2.67. The molecule has 1 aromatic carbocycles. The zero-order valence-corrected chi connectivity index (χ0v) is 10.7. The lowest BCUT2D eigenvalue weighted by Gasteiger charge is -2.68. The molecule has 0 unspecified atom stereocenters. The summed E-state index contributed by atoms with van der Waals surface area (Å²) in [5, 5.41) is 0. The first-order valence-electron chi connectivity index (χ1n) is 5.10. The lowest BCUT2D eigenvalue weighted by atomic mass is 9.42. The van der Waals surface area contributed by atoms with Crippen LogP contribution in [0.2, 0.25) is 0 Å². The van der Waals surface area contributed by atoms with Gasteiger partial charge in [0.15, 0.2) is 11.6 Å². The van der Waals surface area contributed by atoms with Crippen molar-refractivity contribution in [3.63, 3.8) is 0 Å². The average molecular weight is 318 g/mol. The molecular weight excluding hydrogens is 306 g/mol. The van der Waals surface area contributed by atoms with E-state index in [2.05, 4.69) is 22.6 Å². The minimum Gasteiger partial charge on any atom is -0.494 e. The summed E-state index contributed by atoms with van der Waals surface area (Å²) in [4.78, 5) is 0. The molecule has 0 aromatic heterocycles. The molecule has 80 valence electrons. The van der Waals surface area contributed by atoms with Gasteiger partial charge in [0.2, 0.25) is 0 Å². The molecule has 0 saturated heterocycles. The van der Waals surface area contributed by atoms with E-state index in [1.165, 1.54) is 26.4 Å². The van der Waals surface area contributed by atoms with Crippen molar-refractivity contribution in [2.45, 2.75) is 28.1 Å². The second-order valence-corrected chi connectivity index (χ2v) is 7.10. The van der Waals surface area contributed by atoms with Crippen LogP contribution >= 0.6 is 22.6 Å². The van der Waals surface area contributed by atoms with Gasteiger partial charge in [-0.25, -0.2) is 4.39 Å². The maximum atomic E-state index is 13.5. The predicted molar refractivity (Wildman–Crippen MR) is 65.2 cm³/mol. The van der Waals surface area contributed by atoms with E-state index in [4.69, 9.17) is 4.74 Å². The number of rotatable bonds is 2. The predicted octanol–water partition coefficient (Wildman–Crippen LogP) is 3.44. The first-order chi connectivity index (χ1) is 7.07. The molecule has 0 amide bonds. The van der Waals surface area contributed by atoms with E-state index >= 15 is 0 Å². The highest BCUT2D eigenvalue weighted by atomic mass is 127. The van der Waals surface area contributed by atoms with Crippen molar-refractivity contribution in [3.8, 4) is 5.75 Å². The van der Waals surface area contributed by atoms with Crippen molar-refractivity contribution in [2.24, 2.45) is 0 Å². The van der Waals surface area contributed by atoms with Gasteiger partial charge < -0.3 is 4.74 Å². The Hall–Kier alpha value is -0.320. The summed E-state index contributed by atoms with van der Waals surface area (Å²) >= 11 is 2.53. The molecule has 0 heterocycles. The molecular formula is C12H12FIO. The van der Waals surface area contributed by atoms with E-state index < -0.39 is 0 Å². The van der Waals surface area contributed by atoms with Gasteiger partial charge in [-0.2, -0.15) is 0 Å². The molecule has 0 aliphatic heterocycles. The fourth-order valence-corrected chi connectivity index (χ4v) is 5.16. The Morgan fingerprint density at radius 3 is 2.47 bits per heavy atom. The fraction of sp³-hybridized carbons (Fsp3) is 0.500. The van der Waals surface area contributed by atoms with Crippen LogP contribution in [-0.2, 0) is 5.41 Å². The van der Waals surface area contributed by atoms with Gasteiger partial charge in [-0.05, 0) is 42.4 Å². The fourth-order valence-electron chi connectivity index (χ4n) is 2.97. The van der Waals surface area contributed by atoms with Crippen molar-refractivity contribution in [2.75, 3.05) is 7.11 Å². The lowest BCUT2D eigenvalue weighted by Crippen LogP contribution is -2.65. The molecule has 4 rings (SSSR count). The molecule has 15 heavy (non-hydrogen) atoms. The van der Waals surface area contributed by atoms with Crippen LogP contribution in [0.1, 0.15) is 24.8 Å². The van der Waals surface area contributed by atoms with Gasteiger partial charge in [-0.3, -0.25) is 0 Å². The molecule has 0 atom stereocenters. The van der Waals surface area contributed by atoms with Gasteiger partial charge in [0, 0.05) is 3.42 Å². The first kappa shape index (κ1) is 9.87. The lowest BCUT2D eigenvalue weighted by molar-refractivity contribution is 0.0217. The SMILES string of the molecule is COc1ccc(C23CC(I)(C2)C3)cc1F. The highest BCUT2D eigenvalue weighted by molar-refractivity contribution is 14.1. The quantitative estimate of drug-likeness (QED) is 0.599. The third-order valence-corrected chi connectivity index (χ3v) is 4.87.